The van der Waals surface area contributed by atoms with E-state index >= 15 is 0 Å². The number of pyridine rings is 1. The minimum atomic E-state index is 0.347. The molecule has 0 bridgehead atoms. The molecule has 0 spiro atoms. The highest BCUT2D eigenvalue weighted by Crippen LogP contribution is 2.34. The van der Waals surface area contributed by atoms with Gasteiger partial charge in [0.15, 0.2) is 0 Å². The molecule has 7 nitrogen and oxygen atoms in total. The lowest BCUT2D eigenvalue weighted by molar-refractivity contribution is 0.183. The van der Waals surface area contributed by atoms with Crippen molar-refractivity contribution < 1.29 is 4.74 Å². The van der Waals surface area contributed by atoms with Crippen molar-refractivity contribution in [1.29, 1.82) is 0 Å². The third kappa shape index (κ3) is 4.23. The van der Waals surface area contributed by atoms with Crippen molar-refractivity contribution in [2.45, 2.75) is 46.3 Å². The van der Waals surface area contributed by atoms with E-state index in [1.807, 2.05) is 23.1 Å². The molecule has 4 heterocycles. The molecule has 0 N–H and O–H groups in total. The third-order valence-electron chi connectivity index (χ3n) is 6.56. The molecular weight excluding hydrogens is 424 g/mol. The minimum absolute atomic E-state index is 0.347. The van der Waals surface area contributed by atoms with Crippen LogP contribution in [0.2, 0.25) is 0 Å². The quantitative estimate of drug-likeness (QED) is 0.396. The predicted molar refractivity (Wildman–Crippen MR) is 135 cm³/mol. The van der Waals surface area contributed by atoms with E-state index in [1.165, 1.54) is 16.9 Å². The Morgan fingerprint density at radius 1 is 1.06 bits per heavy atom. The molecule has 5 rings (SSSR count). The summed E-state index contributed by atoms with van der Waals surface area (Å²) in [7, 11) is 1.71. The highest BCUT2D eigenvalue weighted by Gasteiger charge is 2.25. The Hall–Kier alpha value is -3.45. The van der Waals surface area contributed by atoms with E-state index in [0.717, 1.165) is 54.5 Å². The minimum Gasteiger partial charge on any atom is -0.383 e. The number of benzene rings is 1. The second-order valence-electron chi connectivity index (χ2n) is 9.15. The van der Waals surface area contributed by atoms with Crippen molar-refractivity contribution in [3.63, 3.8) is 0 Å². The lowest BCUT2D eigenvalue weighted by Crippen LogP contribution is -2.34. The molecule has 0 atom stereocenters. The number of ether oxygens (including phenoxy) is 1. The van der Waals surface area contributed by atoms with Crippen LogP contribution in [-0.4, -0.2) is 44.6 Å². The fourth-order valence-electron chi connectivity index (χ4n) is 4.75. The number of aromatic nitrogens is 5. The molecule has 0 saturated carbocycles. The monoisotopic (exact) mass is 456 g/mol. The first-order chi connectivity index (χ1) is 16.5. The maximum atomic E-state index is 5.15. The highest BCUT2D eigenvalue weighted by atomic mass is 16.5. The van der Waals surface area contributed by atoms with Crippen LogP contribution in [-0.2, 0) is 24.4 Å². The molecule has 34 heavy (non-hydrogen) atoms. The van der Waals surface area contributed by atoms with E-state index in [1.54, 1.807) is 7.11 Å². The molecule has 176 valence electrons. The van der Waals surface area contributed by atoms with Crippen molar-refractivity contribution >= 4 is 5.69 Å². The van der Waals surface area contributed by atoms with Crippen molar-refractivity contribution in [2.24, 2.45) is 0 Å². The number of rotatable bonds is 7. The van der Waals surface area contributed by atoms with Crippen molar-refractivity contribution in [3.05, 3.63) is 72.2 Å². The van der Waals surface area contributed by atoms with E-state index in [0.29, 0.717) is 12.5 Å². The standard InChI is InChI=1S/C27H32N6O/c1-19(2)26-24(6-5-11-28-26)27-25-18-31(12-13-33(25)20(3)30-27)23-9-7-21(8-10-23)22-16-29-32(17-22)14-15-34-4/h5-11,16-17,19H,12-15,18H2,1-4H3. The molecule has 7 heteroatoms. The van der Waals surface area contributed by atoms with Gasteiger partial charge in [0.05, 0.1) is 43.0 Å². The molecule has 0 unspecified atom stereocenters. The first-order valence-corrected chi connectivity index (χ1v) is 11.9. The molecule has 0 amide bonds. The molecule has 3 aromatic heterocycles. The predicted octanol–water partition coefficient (Wildman–Crippen LogP) is 4.91. The molecule has 0 fully saturated rings. The summed E-state index contributed by atoms with van der Waals surface area (Å²) in [5.74, 6) is 1.42. The zero-order chi connectivity index (χ0) is 23.7. The van der Waals surface area contributed by atoms with Crippen molar-refractivity contribution in [3.8, 4) is 22.4 Å². The number of hydrogen-bond acceptors (Lipinski definition) is 5. The normalized spacial score (nSPS) is 13.5. The number of nitrogens with zero attached hydrogens (tertiary/aromatic N) is 6. The van der Waals surface area contributed by atoms with E-state index in [9.17, 15) is 0 Å². The van der Waals surface area contributed by atoms with Crippen LogP contribution >= 0.6 is 0 Å². The summed E-state index contributed by atoms with van der Waals surface area (Å²) in [6, 6.07) is 13.0. The number of aryl methyl sites for hydroxylation is 1. The van der Waals surface area contributed by atoms with Gasteiger partial charge in [-0.1, -0.05) is 26.0 Å². The van der Waals surface area contributed by atoms with E-state index < -0.39 is 0 Å². The summed E-state index contributed by atoms with van der Waals surface area (Å²) in [6.45, 7) is 10.6. The fraction of sp³-hybridized carbons (Fsp3) is 0.370. The van der Waals surface area contributed by atoms with Gasteiger partial charge in [-0.05, 0) is 42.7 Å². The Kier molecular flexibility index (Phi) is 6.20. The van der Waals surface area contributed by atoms with Gasteiger partial charge in [-0.25, -0.2) is 4.98 Å². The number of fused-ring (bicyclic) bond motifs is 1. The smallest absolute Gasteiger partial charge is 0.106 e. The van der Waals surface area contributed by atoms with Gasteiger partial charge in [0.2, 0.25) is 0 Å². The maximum absolute atomic E-state index is 5.15. The second kappa shape index (κ2) is 9.43. The first kappa shape index (κ1) is 22.3. The average Bonchev–Trinajstić information content (AvgIpc) is 3.47. The maximum Gasteiger partial charge on any atom is 0.106 e. The Morgan fingerprint density at radius 3 is 2.65 bits per heavy atom. The zero-order valence-corrected chi connectivity index (χ0v) is 20.4. The molecule has 0 saturated heterocycles. The van der Waals surface area contributed by atoms with E-state index in [2.05, 4.69) is 76.8 Å². The Balaban J connectivity index is 1.40. The van der Waals surface area contributed by atoms with Gasteiger partial charge in [-0.3, -0.25) is 9.67 Å². The van der Waals surface area contributed by atoms with Crippen molar-refractivity contribution in [1.82, 2.24) is 24.3 Å². The van der Waals surface area contributed by atoms with Gasteiger partial charge in [-0.2, -0.15) is 5.10 Å². The fourth-order valence-corrected chi connectivity index (χ4v) is 4.75. The molecule has 4 aromatic rings. The highest BCUT2D eigenvalue weighted by molar-refractivity contribution is 5.68. The largest absolute Gasteiger partial charge is 0.383 e. The van der Waals surface area contributed by atoms with E-state index in [4.69, 9.17) is 9.72 Å². The molecule has 1 aliphatic heterocycles. The Bertz CT molecular complexity index is 1270. The molecule has 1 aromatic carbocycles. The first-order valence-electron chi connectivity index (χ1n) is 11.9. The SMILES string of the molecule is COCCn1cc(-c2ccc(N3CCn4c(C)nc(-c5cccnc5C(C)C)c4C3)cc2)cn1. The summed E-state index contributed by atoms with van der Waals surface area (Å²) in [5, 5.41) is 4.44. The van der Waals surface area contributed by atoms with Gasteiger partial charge in [0.1, 0.15) is 5.82 Å². The van der Waals surface area contributed by atoms with Crippen LogP contribution in [0.15, 0.2) is 55.0 Å². The number of imidazole rings is 1. The van der Waals surface area contributed by atoms with Crippen molar-refractivity contribution in [2.75, 3.05) is 25.2 Å². The lowest BCUT2D eigenvalue weighted by atomic mass is 10.00. The van der Waals surface area contributed by atoms with Gasteiger partial charge in [0.25, 0.3) is 0 Å². The Labute approximate surface area is 201 Å². The summed E-state index contributed by atoms with van der Waals surface area (Å²) >= 11 is 0. The topological polar surface area (TPSA) is 61.0 Å². The van der Waals surface area contributed by atoms with Gasteiger partial charge in [-0.15, -0.1) is 0 Å². The summed E-state index contributed by atoms with van der Waals surface area (Å²) < 4.78 is 9.44. The second-order valence-corrected chi connectivity index (χ2v) is 9.15. The van der Waals surface area contributed by atoms with Crippen LogP contribution in [0.5, 0.6) is 0 Å². The van der Waals surface area contributed by atoms with Crippen LogP contribution in [0.4, 0.5) is 5.69 Å². The van der Waals surface area contributed by atoms with Crippen LogP contribution in [0, 0.1) is 6.92 Å². The summed E-state index contributed by atoms with van der Waals surface area (Å²) in [5.41, 5.74) is 8.11. The zero-order valence-electron chi connectivity index (χ0n) is 20.4. The molecule has 0 aliphatic carbocycles. The molecule has 0 radical (unpaired) electrons. The van der Waals surface area contributed by atoms with Crippen LogP contribution < -0.4 is 4.90 Å². The number of methoxy groups -OCH3 is 1. The van der Waals surface area contributed by atoms with Crippen LogP contribution in [0.25, 0.3) is 22.4 Å². The molecular formula is C27H32N6O. The van der Waals surface area contributed by atoms with Gasteiger partial charge in [0, 0.05) is 49.4 Å². The third-order valence-corrected chi connectivity index (χ3v) is 6.56. The summed E-state index contributed by atoms with van der Waals surface area (Å²) in [4.78, 5) is 12.1. The Morgan fingerprint density at radius 2 is 1.88 bits per heavy atom. The lowest BCUT2D eigenvalue weighted by Gasteiger charge is -2.31. The number of hydrogen-bond donors (Lipinski definition) is 0. The van der Waals surface area contributed by atoms with Crippen LogP contribution in [0.1, 0.15) is 37.0 Å². The molecule has 1 aliphatic rings. The van der Waals surface area contributed by atoms with Gasteiger partial charge < -0.3 is 14.2 Å². The summed E-state index contributed by atoms with van der Waals surface area (Å²) in [6.07, 6.45) is 5.87. The van der Waals surface area contributed by atoms with E-state index in [-0.39, 0.29) is 0 Å². The number of anilines is 1. The van der Waals surface area contributed by atoms with Gasteiger partial charge >= 0.3 is 0 Å². The average molecular weight is 457 g/mol. The van der Waals surface area contributed by atoms with Crippen LogP contribution in [0.3, 0.4) is 0 Å².